The van der Waals surface area contributed by atoms with E-state index in [4.69, 9.17) is 10.5 Å². The summed E-state index contributed by atoms with van der Waals surface area (Å²) in [5.41, 5.74) is 5.85. The molecule has 1 aromatic rings. The Kier molecular flexibility index (Phi) is 3.73. The van der Waals surface area contributed by atoms with Gasteiger partial charge in [-0.25, -0.2) is 0 Å². The fraction of sp³-hybridized carbons (Fsp3) is 0.182. The summed E-state index contributed by atoms with van der Waals surface area (Å²) in [4.78, 5) is 10.5. The number of benzene rings is 1. The third-order valence-corrected chi connectivity index (χ3v) is 1.65. The van der Waals surface area contributed by atoms with Crippen LogP contribution < -0.4 is 10.5 Å². The molecule has 3 heteroatoms. The van der Waals surface area contributed by atoms with E-state index in [9.17, 15) is 4.79 Å². The van der Waals surface area contributed by atoms with Crippen LogP contribution in [0.1, 0.15) is 12.5 Å². The van der Waals surface area contributed by atoms with Gasteiger partial charge in [-0.15, -0.1) is 0 Å². The lowest BCUT2D eigenvalue weighted by atomic mass is 10.2. The first-order valence-electron chi connectivity index (χ1n) is 4.43. The minimum Gasteiger partial charge on any atom is -0.493 e. The molecule has 0 aliphatic rings. The standard InChI is InChI=1S/C11H13NO2/c1-2-14-10-6-4-3-5-9(10)7-8-11(12)13/h3-8H,2H2,1H3,(H2,12,13)/b8-7+. The monoisotopic (exact) mass is 191 g/mol. The average Bonchev–Trinajstić information content (AvgIpc) is 2.17. The van der Waals surface area contributed by atoms with E-state index in [0.29, 0.717) is 6.61 Å². The molecule has 1 rings (SSSR count). The van der Waals surface area contributed by atoms with Gasteiger partial charge in [0.15, 0.2) is 0 Å². The molecule has 0 saturated carbocycles. The second-order valence-corrected chi connectivity index (χ2v) is 2.71. The first-order valence-corrected chi connectivity index (χ1v) is 4.43. The summed E-state index contributed by atoms with van der Waals surface area (Å²) in [5.74, 6) is 0.295. The van der Waals surface area contributed by atoms with E-state index in [1.54, 1.807) is 6.08 Å². The highest BCUT2D eigenvalue weighted by Crippen LogP contribution is 2.18. The van der Waals surface area contributed by atoms with Crippen LogP contribution in [0.2, 0.25) is 0 Å². The normalized spacial score (nSPS) is 10.4. The molecule has 0 aliphatic carbocycles. The van der Waals surface area contributed by atoms with E-state index in [2.05, 4.69) is 0 Å². The zero-order valence-corrected chi connectivity index (χ0v) is 8.07. The molecule has 74 valence electrons. The molecule has 3 nitrogen and oxygen atoms in total. The molecule has 0 saturated heterocycles. The van der Waals surface area contributed by atoms with Crippen LogP contribution in [0.4, 0.5) is 0 Å². The van der Waals surface area contributed by atoms with E-state index in [1.165, 1.54) is 6.08 Å². The highest BCUT2D eigenvalue weighted by atomic mass is 16.5. The Morgan fingerprint density at radius 2 is 2.21 bits per heavy atom. The second kappa shape index (κ2) is 5.07. The fourth-order valence-electron chi connectivity index (χ4n) is 1.08. The molecule has 14 heavy (non-hydrogen) atoms. The summed E-state index contributed by atoms with van der Waals surface area (Å²) in [6.45, 7) is 2.51. The number of ether oxygens (including phenoxy) is 1. The molecule has 0 fully saturated rings. The summed E-state index contributed by atoms with van der Waals surface area (Å²) in [6, 6.07) is 7.48. The van der Waals surface area contributed by atoms with Gasteiger partial charge < -0.3 is 10.5 Å². The highest BCUT2D eigenvalue weighted by Gasteiger charge is 1.97. The van der Waals surface area contributed by atoms with Crippen LogP contribution in [0.3, 0.4) is 0 Å². The Labute approximate surface area is 83.2 Å². The van der Waals surface area contributed by atoms with Crippen LogP contribution in [0, 0.1) is 0 Å². The van der Waals surface area contributed by atoms with Crippen molar-refractivity contribution in [1.29, 1.82) is 0 Å². The van der Waals surface area contributed by atoms with Crippen LogP contribution in [0.25, 0.3) is 6.08 Å². The number of amides is 1. The number of carbonyl (C=O) groups is 1. The van der Waals surface area contributed by atoms with Crippen molar-refractivity contribution >= 4 is 12.0 Å². The molecule has 0 aliphatic heterocycles. The van der Waals surface area contributed by atoms with E-state index < -0.39 is 5.91 Å². The smallest absolute Gasteiger partial charge is 0.241 e. The molecule has 0 spiro atoms. The van der Waals surface area contributed by atoms with Crippen LogP contribution in [-0.4, -0.2) is 12.5 Å². The van der Waals surface area contributed by atoms with E-state index in [0.717, 1.165) is 11.3 Å². The van der Waals surface area contributed by atoms with Crippen molar-refractivity contribution < 1.29 is 9.53 Å². The SMILES string of the molecule is CCOc1ccccc1/C=C/C(N)=O. The molecule has 0 heterocycles. The lowest BCUT2D eigenvalue weighted by Crippen LogP contribution is -2.05. The molecule has 0 unspecified atom stereocenters. The van der Waals surface area contributed by atoms with Crippen molar-refractivity contribution in [2.75, 3.05) is 6.61 Å². The van der Waals surface area contributed by atoms with E-state index in [-0.39, 0.29) is 0 Å². The third-order valence-electron chi connectivity index (χ3n) is 1.65. The van der Waals surface area contributed by atoms with Gasteiger partial charge in [-0.05, 0) is 19.1 Å². The van der Waals surface area contributed by atoms with Gasteiger partial charge in [0.05, 0.1) is 6.61 Å². The number of hydrogen-bond acceptors (Lipinski definition) is 2. The van der Waals surface area contributed by atoms with Crippen molar-refractivity contribution in [3.05, 3.63) is 35.9 Å². The summed E-state index contributed by atoms with van der Waals surface area (Å²) >= 11 is 0. The van der Waals surface area contributed by atoms with Gasteiger partial charge in [0.2, 0.25) is 5.91 Å². The van der Waals surface area contributed by atoms with Crippen molar-refractivity contribution in [3.8, 4) is 5.75 Å². The number of rotatable bonds is 4. The summed E-state index contributed by atoms with van der Waals surface area (Å²) < 4.78 is 5.37. The molecule has 0 radical (unpaired) electrons. The topological polar surface area (TPSA) is 52.3 Å². The Bertz CT molecular complexity index is 345. The lowest BCUT2D eigenvalue weighted by Gasteiger charge is -2.05. The van der Waals surface area contributed by atoms with Crippen molar-refractivity contribution in [1.82, 2.24) is 0 Å². The molecule has 1 amide bonds. The van der Waals surface area contributed by atoms with Gasteiger partial charge in [0.25, 0.3) is 0 Å². The third kappa shape index (κ3) is 2.94. The molecule has 2 N–H and O–H groups in total. The zero-order chi connectivity index (χ0) is 10.4. The Morgan fingerprint density at radius 1 is 1.50 bits per heavy atom. The molecule has 0 aromatic heterocycles. The van der Waals surface area contributed by atoms with Gasteiger partial charge in [0, 0.05) is 11.6 Å². The Balaban J connectivity index is 2.89. The number of primary amides is 1. The quantitative estimate of drug-likeness (QED) is 0.734. The second-order valence-electron chi connectivity index (χ2n) is 2.71. The maximum Gasteiger partial charge on any atom is 0.241 e. The van der Waals surface area contributed by atoms with E-state index in [1.807, 2.05) is 31.2 Å². The van der Waals surface area contributed by atoms with Crippen LogP contribution >= 0.6 is 0 Å². The fourth-order valence-corrected chi connectivity index (χ4v) is 1.08. The Hall–Kier alpha value is -1.77. The largest absolute Gasteiger partial charge is 0.493 e. The number of hydrogen-bond donors (Lipinski definition) is 1. The lowest BCUT2D eigenvalue weighted by molar-refractivity contribution is -0.113. The number of nitrogens with two attached hydrogens (primary N) is 1. The number of carbonyl (C=O) groups excluding carboxylic acids is 1. The first kappa shape index (κ1) is 10.3. The van der Waals surface area contributed by atoms with Crippen molar-refractivity contribution in [2.45, 2.75) is 6.92 Å². The highest BCUT2D eigenvalue weighted by molar-refractivity contribution is 5.90. The van der Waals surface area contributed by atoms with E-state index >= 15 is 0 Å². The van der Waals surface area contributed by atoms with Gasteiger partial charge in [-0.1, -0.05) is 18.2 Å². The molecular weight excluding hydrogens is 178 g/mol. The maximum atomic E-state index is 10.5. The first-order chi connectivity index (χ1) is 6.74. The Morgan fingerprint density at radius 3 is 2.86 bits per heavy atom. The van der Waals surface area contributed by atoms with Gasteiger partial charge >= 0.3 is 0 Å². The summed E-state index contributed by atoms with van der Waals surface area (Å²) in [7, 11) is 0. The molecule has 1 aromatic carbocycles. The van der Waals surface area contributed by atoms with Crippen LogP contribution in [-0.2, 0) is 4.79 Å². The zero-order valence-electron chi connectivity index (χ0n) is 8.07. The average molecular weight is 191 g/mol. The minimum atomic E-state index is -0.462. The predicted octanol–water partition coefficient (Wildman–Crippen LogP) is 1.58. The summed E-state index contributed by atoms with van der Waals surface area (Å²) in [6.07, 6.45) is 2.96. The van der Waals surface area contributed by atoms with Gasteiger partial charge in [-0.2, -0.15) is 0 Å². The number of para-hydroxylation sites is 1. The summed E-state index contributed by atoms with van der Waals surface area (Å²) in [5, 5.41) is 0. The van der Waals surface area contributed by atoms with Crippen molar-refractivity contribution in [3.63, 3.8) is 0 Å². The maximum absolute atomic E-state index is 10.5. The molecular formula is C11H13NO2. The predicted molar refractivity (Wildman–Crippen MR) is 55.8 cm³/mol. The molecule has 0 atom stereocenters. The van der Waals surface area contributed by atoms with Crippen molar-refractivity contribution in [2.24, 2.45) is 5.73 Å². The van der Waals surface area contributed by atoms with Gasteiger partial charge in [0.1, 0.15) is 5.75 Å². The molecule has 0 bridgehead atoms. The van der Waals surface area contributed by atoms with Crippen LogP contribution in [0.15, 0.2) is 30.3 Å². The van der Waals surface area contributed by atoms with Crippen LogP contribution in [0.5, 0.6) is 5.75 Å². The van der Waals surface area contributed by atoms with Gasteiger partial charge in [-0.3, -0.25) is 4.79 Å². The minimum absolute atomic E-state index is 0.462.